The number of aliphatic hydroxyl groups excluding tert-OH is 1. The Kier molecular flexibility index (Phi) is 3.80. The van der Waals surface area contributed by atoms with Crippen molar-refractivity contribution in [1.82, 2.24) is 0 Å². The van der Waals surface area contributed by atoms with E-state index in [1.165, 1.54) is 11.0 Å². The number of aliphatic hydroxyl groups is 1. The van der Waals surface area contributed by atoms with Crippen LogP contribution in [0.25, 0.3) is 0 Å². The molecule has 3 rings (SSSR count). The fourth-order valence-electron chi connectivity index (χ4n) is 2.69. The van der Waals surface area contributed by atoms with E-state index in [1.807, 2.05) is 18.2 Å². The molecular formula is C18H18N2O3. The lowest BCUT2D eigenvalue weighted by molar-refractivity contribution is -0.114. The molecular weight excluding hydrogens is 292 g/mol. The Bertz CT molecular complexity index is 761. The maximum absolute atomic E-state index is 12.2. The Hall–Kier alpha value is -2.79. The molecule has 0 bridgehead atoms. The van der Waals surface area contributed by atoms with Gasteiger partial charge in [-0.2, -0.15) is 0 Å². The van der Waals surface area contributed by atoms with E-state index in [4.69, 9.17) is 0 Å². The van der Waals surface area contributed by atoms with Crippen molar-refractivity contribution in [1.29, 1.82) is 0 Å². The van der Waals surface area contributed by atoms with Crippen LogP contribution in [-0.2, 0) is 4.79 Å². The minimum atomic E-state index is -1.07. The van der Waals surface area contributed by atoms with Crippen molar-refractivity contribution in [3.05, 3.63) is 65.4 Å². The zero-order valence-corrected chi connectivity index (χ0v) is 12.9. The predicted molar refractivity (Wildman–Crippen MR) is 89.2 cm³/mol. The van der Waals surface area contributed by atoms with Crippen LogP contribution >= 0.6 is 0 Å². The molecule has 23 heavy (non-hydrogen) atoms. The summed E-state index contributed by atoms with van der Waals surface area (Å²) in [7, 11) is 0. The van der Waals surface area contributed by atoms with Gasteiger partial charge in [0.2, 0.25) is 0 Å². The third kappa shape index (κ3) is 2.78. The SMILES string of the molecule is Cc1cc(NC2=CC(=O)N(c3ccccc3)C2O)cc(C)c1O. The van der Waals surface area contributed by atoms with E-state index in [1.54, 1.807) is 38.1 Å². The van der Waals surface area contributed by atoms with Crippen molar-refractivity contribution in [3.8, 4) is 5.75 Å². The first-order chi connectivity index (χ1) is 11.0. The number of nitrogens with zero attached hydrogens (tertiary/aromatic N) is 1. The van der Waals surface area contributed by atoms with Crippen LogP contribution in [0.4, 0.5) is 11.4 Å². The summed E-state index contributed by atoms with van der Waals surface area (Å²) in [6.07, 6.45) is 0.314. The largest absolute Gasteiger partial charge is 0.507 e. The second-order valence-corrected chi connectivity index (χ2v) is 5.60. The molecule has 3 N–H and O–H groups in total. The molecule has 1 amide bonds. The summed E-state index contributed by atoms with van der Waals surface area (Å²) in [6, 6.07) is 12.6. The summed E-state index contributed by atoms with van der Waals surface area (Å²) in [5.74, 6) is -0.0306. The molecule has 0 spiro atoms. The fraction of sp³-hybridized carbons (Fsp3) is 0.167. The lowest BCUT2D eigenvalue weighted by atomic mass is 10.1. The number of benzene rings is 2. The highest BCUT2D eigenvalue weighted by molar-refractivity contribution is 6.06. The van der Waals surface area contributed by atoms with E-state index >= 15 is 0 Å². The van der Waals surface area contributed by atoms with E-state index in [0.717, 1.165) is 11.1 Å². The number of anilines is 2. The van der Waals surface area contributed by atoms with Crippen LogP contribution in [0.3, 0.4) is 0 Å². The molecule has 0 saturated carbocycles. The number of hydrogen-bond donors (Lipinski definition) is 3. The number of carbonyl (C=O) groups excluding carboxylic acids is 1. The van der Waals surface area contributed by atoms with Gasteiger partial charge in [-0.25, -0.2) is 0 Å². The molecule has 2 aromatic carbocycles. The van der Waals surface area contributed by atoms with E-state index in [0.29, 0.717) is 17.1 Å². The first kappa shape index (κ1) is 15.1. The molecule has 2 aromatic rings. The molecule has 1 aliphatic rings. The smallest absolute Gasteiger partial charge is 0.255 e. The summed E-state index contributed by atoms with van der Waals surface area (Å²) in [5.41, 5.74) is 3.21. The van der Waals surface area contributed by atoms with Gasteiger partial charge in [-0.05, 0) is 49.2 Å². The topological polar surface area (TPSA) is 72.8 Å². The van der Waals surface area contributed by atoms with Crippen LogP contribution in [0.15, 0.2) is 54.2 Å². The highest BCUT2D eigenvalue weighted by Crippen LogP contribution is 2.29. The number of para-hydroxylation sites is 1. The molecule has 5 heteroatoms. The molecule has 1 atom stereocenters. The average Bonchev–Trinajstić information content (AvgIpc) is 2.80. The monoisotopic (exact) mass is 310 g/mol. The summed E-state index contributed by atoms with van der Waals surface area (Å²) < 4.78 is 0. The minimum Gasteiger partial charge on any atom is -0.507 e. The molecule has 0 fully saturated rings. The van der Waals surface area contributed by atoms with E-state index in [9.17, 15) is 15.0 Å². The van der Waals surface area contributed by atoms with E-state index < -0.39 is 6.23 Å². The van der Waals surface area contributed by atoms with Gasteiger partial charge in [-0.3, -0.25) is 9.69 Å². The summed E-state index contributed by atoms with van der Waals surface area (Å²) in [5, 5.41) is 23.3. The van der Waals surface area contributed by atoms with E-state index in [-0.39, 0.29) is 11.7 Å². The lowest BCUT2D eigenvalue weighted by Crippen LogP contribution is -2.36. The molecule has 0 radical (unpaired) electrons. The first-order valence-corrected chi connectivity index (χ1v) is 7.32. The Morgan fingerprint density at radius 2 is 1.70 bits per heavy atom. The van der Waals surface area contributed by atoms with Gasteiger partial charge < -0.3 is 15.5 Å². The molecule has 5 nitrogen and oxygen atoms in total. The van der Waals surface area contributed by atoms with Crippen LogP contribution in [0.2, 0.25) is 0 Å². The van der Waals surface area contributed by atoms with E-state index in [2.05, 4.69) is 5.32 Å². The summed E-state index contributed by atoms with van der Waals surface area (Å²) >= 11 is 0. The third-order valence-electron chi connectivity index (χ3n) is 3.85. The van der Waals surface area contributed by atoms with Gasteiger partial charge in [0.15, 0.2) is 6.23 Å². The summed E-state index contributed by atoms with van der Waals surface area (Å²) in [4.78, 5) is 13.5. The molecule has 0 saturated heterocycles. The van der Waals surface area contributed by atoms with Crippen molar-refractivity contribution in [2.24, 2.45) is 0 Å². The minimum absolute atomic E-state index is 0.249. The number of carbonyl (C=O) groups is 1. The second kappa shape index (κ2) is 5.78. The number of aromatic hydroxyl groups is 1. The first-order valence-electron chi connectivity index (χ1n) is 7.32. The van der Waals surface area contributed by atoms with Crippen molar-refractivity contribution in [3.63, 3.8) is 0 Å². The maximum atomic E-state index is 12.2. The van der Waals surface area contributed by atoms with Crippen LogP contribution < -0.4 is 10.2 Å². The van der Waals surface area contributed by atoms with Gasteiger partial charge in [0, 0.05) is 17.5 Å². The number of amides is 1. The lowest BCUT2D eigenvalue weighted by Gasteiger charge is -2.23. The number of phenols is 1. The molecule has 1 unspecified atom stereocenters. The van der Waals surface area contributed by atoms with Gasteiger partial charge in [-0.15, -0.1) is 0 Å². The van der Waals surface area contributed by atoms with Crippen LogP contribution in [0.1, 0.15) is 11.1 Å². The summed E-state index contributed by atoms with van der Waals surface area (Å²) in [6.45, 7) is 3.60. The Morgan fingerprint density at radius 1 is 1.09 bits per heavy atom. The van der Waals surface area contributed by atoms with Crippen LogP contribution in [0, 0.1) is 13.8 Å². The Morgan fingerprint density at radius 3 is 2.30 bits per heavy atom. The van der Waals surface area contributed by atoms with Crippen molar-refractivity contribution in [2.75, 3.05) is 10.2 Å². The van der Waals surface area contributed by atoms with Crippen molar-refractivity contribution in [2.45, 2.75) is 20.1 Å². The predicted octanol–water partition coefficient (Wildman–Crippen LogP) is 2.67. The number of rotatable bonds is 3. The fourth-order valence-corrected chi connectivity index (χ4v) is 2.69. The molecule has 118 valence electrons. The maximum Gasteiger partial charge on any atom is 0.255 e. The molecule has 1 aliphatic heterocycles. The standard InChI is InChI=1S/C18H18N2O3/c1-11-8-13(9-12(2)17(11)22)19-15-10-16(21)20(18(15)23)14-6-4-3-5-7-14/h3-10,18-19,22-23H,1-2H3. The van der Waals surface area contributed by atoms with Gasteiger partial charge >= 0.3 is 0 Å². The quantitative estimate of drug-likeness (QED) is 0.762. The molecule has 1 heterocycles. The third-order valence-corrected chi connectivity index (χ3v) is 3.85. The van der Waals surface area contributed by atoms with Crippen molar-refractivity contribution < 1.29 is 15.0 Å². The Labute approximate surface area is 134 Å². The number of nitrogens with one attached hydrogen (secondary N) is 1. The zero-order chi connectivity index (χ0) is 16.6. The highest BCUT2D eigenvalue weighted by Gasteiger charge is 2.32. The molecule has 0 aliphatic carbocycles. The number of hydrogen-bond acceptors (Lipinski definition) is 4. The number of aryl methyl sites for hydroxylation is 2. The average molecular weight is 310 g/mol. The van der Waals surface area contributed by atoms with Gasteiger partial charge in [-0.1, -0.05) is 18.2 Å². The zero-order valence-electron chi connectivity index (χ0n) is 12.9. The molecule has 0 aromatic heterocycles. The van der Waals surface area contributed by atoms with Gasteiger partial charge in [0.05, 0.1) is 5.70 Å². The normalized spacial score (nSPS) is 17.3. The second-order valence-electron chi connectivity index (χ2n) is 5.60. The van der Waals surface area contributed by atoms with Gasteiger partial charge in [0.1, 0.15) is 5.75 Å². The van der Waals surface area contributed by atoms with Crippen LogP contribution in [-0.4, -0.2) is 22.3 Å². The number of phenolic OH excluding ortho intramolecular Hbond substituents is 1. The van der Waals surface area contributed by atoms with Crippen LogP contribution in [0.5, 0.6) is 5.75 Å². The Balaban J connectivity index is 1.85. The van der Waals surface area contributed by atoms with Crippen molar-refractivity contribution >= 4 is 17.3 Å². The highest BCUT2D eigenvalue weighted by atomic mass is 16.3. The van der Waals surface area contributed by atoms with Gasteiger partial charge in [0.25, 0.3) is 5.91 Å².